The van der Waals surface area contributed by atoms with E-state index in [4.69, 9.17) is 4.74 Å². The van der Waals surface area contributed by atoms with Crippen LogP contribution in [0.4, 0.5) is 0 Å². The van der Waals surface area contributed by atoms with Gasteiger partial charge < -0.3 is 4.74 Å². The van der Waals surface area contributed by atoms with Crippen molar-refractivity contribution in [3.63, 3.8) is 0 Å². The average molecular weight is 333 g/mol. The third kappa shape index (κ3) is 4.51. The molecule has 3 rings (SSSR count). The Morgan fingerprint density at radius 2 is 2.00 bits per heavy atom. The number of ether oxygens (including phenoxy) is 1. The highest BCUT2D eigenvalue weighted by molar-refractivity contribution is 8.00. The molecule has 4 heteroatoms. The predicted octanol–water partition coefficient (Wildman–Crippen LogP) is 3.97. The number of thioether (sulfide) groups is 1. The fraction of sp³-hybridized carbons (Fsp3) is 0.632. The van der Waals surface area contributed by atoms with Crippen LogP contribution in [0.15, 0.2) is 35.2 Å². The highest BCUT2D eigenvalue weighted by atomic mass is 32.2. The van der Waals surface area contributed by atoms with E-state index in [9.17, 15) is 4.79 Å². The Morgan fingerprint density at radius 3 is 2.83 bits per heavy atom. The van der Waals surface area contributed by atoms with E-state index in [0.29, 0.717) is 18.6 Å². The standard InChI is InChI=1S/C19H27NO2S/c1-15(23-17-9-3-2-4-10-17)19(21)22-14-16-8-7-13-20-12-6-5-11-18(16)20/h2-4,9-10,15-16,18H,5-8,11-14H2,1H3/t15?,16-,18+/m0/s1. The predicted molar refractivity (Wildman–Crippen MR) is 94.7 cm³/mol. The maximum Gasteiger partial charge on any atom is 0.319 e. The Bertz CT molecular complexity index is 505. The Labute approximate surface area is 143 Å². The van der Waals surface area contributed by atoms with Gasteiger partial charge in [-0.25, -0.2) is 0 Å². The number of esters is 1. The van der Waals surface area contributed by atoms with Gasteiger partial charge in [-0.1, -0.05) is 24.6 Å². The molecule has 0 radical (unpaired) electrons. The second-order valence-corrected chi connectivity index (χ2v) is 8.12. The minimum atomic E-state index is -0.150. The van der Waals surface area contributed by atoms with Crippen LogP contribution in [0, 0.1) is 5.92 Å². The highest BCUT2D eigenvalue weighted by Gasteiger charge is 2.33. The van der Waals surface area contributed by atoms with Crippen molar-refractivity contribution in [2.75, 3.05) is 19.7 Å². The number of benzene rings is 1. The van der Waals surface area contributed by atoms with Crippen molar-refractivity contribution in [1.29, 1.82) is 0 Å². The maximum absolute atomic E-state index is 12.3. The molecule has 23 heavy (non-hydrogen) atoms. The van der Waals surface area contributed by atoms with Gasteiger partial charge in [0, 0.05) is 16.9 Å². The number of piperidine rings is 2. The minimum absolute atomic E-state index is 0.0771. The molecule has 1 aromatic carbocycles. The van der Waals surface area contributed by atoms with Crippen molar-refractivity contribution in [3.05, 3.63) is 30.3 Å². The van der Waals surface area contributed by atoms with Crippen molar-refractivity contribution in [3.8, 4) is 0 Å². The Hall–Kier alpha value is -1.00. The summed E-state index contributed by atoms with van der Waals surface area (Å²) in [7, 11) is 0. The van der Waals surface area contributed by atoms with Gasteiger partial charge in [0.2, 0.25) is 0 Å². The lowest BCUT2D eigenvalue weighted by atomic mass is 9.84. The number of hydrogen-bond donors (Lipinski definition) is 0. The van der Waals surface area contributed by atoms with Gasteiger partial charge in [0.1, 0.15) is 5.25 Å². The van der Waals surface area contributed by atoms with Crippen molar-refractivity contribution in [2.45, 2.75) is 55.2 Å². The van der Waals surface area contributed by atoms with E-state index < -0.39 is 0 Å². The Kier molecular flexibility index (Phi) is 6.01. The number of fused-ring (bicyclic) bond motifs is 1. The summed E-state index contributed by atoms with van der Waals surface area (Å²) < 4.78 is 5.68. The SMILES string of the molecule is CC(Sc1ccccc1)C(=O)OC[C@@H]1CCCN2CCCC[C@H]12. The zero-order chi connectivity index (χ0) is 16.1. The minimum Gasteiger partial charge on any atom is -0.465 e. The lowest BCUT2D eigenvalue weighted by molar-refractivity contribution is -0.145. The number of carbonyl (C=O) groups excluding carboxylic acids is 1. The first kappa shape index (κ1) is 16.8. The van der Waals surface area contributed by atoms with E-state index in [1.165, 1.54) is 45.2 Å². The number of carbonyl (C=O) groups is 1. The molecule has 1 unspecified atom stereocenters. The lowest BCUT2D eigenvalue weighted by Crippen LogP contribution is -2.49. The molecule has 2 heterocycles. The monoisotopic (exact) mass is 333 g/mol. The van der Waals surface area contributed by atoms with Crippen LogP contribution in [0.1, 0.15) is 39.0 Å². The van der Waals surface area contributed by atoms with E-state index in [0.717, 1.165) is 4.90 Å². The molecule has 0 spiro atoms. The lowest BCUT2D eigenvalue weighted by Gasteiger charge is -2.44. The van der Waals surface area contributed by atoms with Crippen LogP contribution in [0.25, 0.3) is 0 Å². The van der Waals surface area contributed by atoms with E-state index in [1.807, 2.05) is 37.3 Å². The van der Waals surface area contributed by atoms with Crippen molar-refractivity contribution in [1.82, 2.24) is 4.90 Å². The zero-order valence-corrected chi connectivity index (χ0v) is 14.8. The quantitative estimate of drug-likeness (QED) is 0.602. The van der Waals surface area contributed by atoms with Gasteiger partial charge in [-0.3, -0.25) is 9.69 Å². The fourth-order valence-corrected chi connectivity index (χ4v) is 4.72. The Balaban J connectivity index is 1.48. The van der Waals surface area contributed by atoms with Gasteiger partial charge in [0.15, 0.2) is 0 Å². The molecule has 2 saturated heterocycles. The third-order valence-corrected chi connectivity index (χ3v) is 6.15. The number of hydrogen-bond acceptors (Lipinski definition) is 4. The van der Waals surface area contributed by atoms with E-state index in [2.05, 4.69) is 4.90 Å². The van der Waals surface area contributed by atoms with Crippen LogP contribution in [-0.2, 0) is 9.53 Å². The smallest absolute Gasteiger partial charge is 0.319 e. The second-order valence-electron chi connectivity index (χ2n) is 6.70. The summed E-state index contributed by atoms with van der Waals surface area (Å²) >= 11 is 1.58. The normalized spacial score (nSPS) is 26.3. The van der Waals surface area contributed by atoms with Crippen molar-refractivity contribution >= 4 is 17.7 Å². The summed E-state index contributed by atoms with van der Waals surface area (Å²) in [6.45, 7) is 5.00. The van der Waals surface area contributed by atoms with E-state index in [1.54, 1.807) is 11.8 Å². The van der Waals surface area contributed by atoms with Gasteiger partial charge in [-0.2, -0.15) is 0 Å². The maximum atomic E-state index is 12.3. The molecule has 0 aromatic heterocycles. The molecule has 126 valence electrons. The summed E-state index contributed by atoms with van der Waals surface area (Å²) in [5, 5.41) is -0.150. The average Bonchev–Trinajstić information content (AvgIpc) is 2.60. The first-order valence-corrected chi connectivity index (χ1v) is 9.74. The van der Waals surface area contributed by atoms with Crippen LogP contribution in [0.3, 0.4) is 0 Å². The summed E-state index contributed by atoms with van der Waals surface area (Å²) in [5.74, 6) is 0.453. The molecule has 3 nitrogen and oxygen atoms in total. The molecule has 0 bridgehead atoms. The molecule has 0 amide bonds. The summed E-state index contributed by atoms with van der Waals surface area (Å²) in [5.41, 5.74) is 0. The van der Waals surface area contributed by atoms with Crippen molar-refractivity contribution in [2.24, 2.45) is 5.92 Å². The van der Waals surface area contributed by atoms with Gasteiger partial charge >= 0.3 is 5.97 Å². The van der Waals surface area contributed by atoms with E-state index in [-0.39, 0.29) is 11.2 Å². The zero-order valence-electron chi connectivity index (χ0n) is 13.9. The molecule has 0 N–H and O–H groups in total. The first-order chi connectivity index (χ1) is 11.2. The van der Waals surface area contributed by atoms with Crippen LogP contribution in [0.5, 0.6) is 0 Å². The van der Waals surface area contributed by atoms with Gasteiger partial charge in [-0.15, -0.1) is 11.8 Å². The number of nitrogens with zero attached hydrogens (tertiary/aromatic N) is 1. The third-order valence-electron chi connectivity index (χ3n) is 5.06. The molecule has 0 saturated carbocycles. The largest absolute Gasteiger partial charge is 0.465 e. The second kappa shape index (κ2) is 8.20. The number of rotatable bonds is 5. The highest BCUT2D eigenvalue weighted by Crippen LogP contribution is 2.31. The fourth-order valence-electron chi connectivity index (χ4n) is 3.83. The van der Waals surface area contributed by atoms with E-state index >= 15 is 0 Å². The molecule has 2 fully saturated rings. The molecular weight excluding hydrogens is 306 g/mol. The molecular formula is C19H27NO2S. The van der Waals surface area contributed by atoms with Gasteiger partial charge in [-0.05, 0) is 57.8 Å². The molecule has 2 aliphatic rings. The summed E-state index contributed by atoms with van der Waals surface area (Å²) in [6, 6.07) is 10.7. The molecule has 0 aliphatic carbocycles. The van der Waals surface area contributed by atoms with Crippen molar-refractivity contribution < 1.29 is 9.53 Å². The van der Waals surface area contributed by atoms with Crippen LogP contribution in [-0.4, -0.2) is 41.9 Å². The van der Waals surface area contributed by atoms with Crippen LogP contribution >= 0.6 is 11.8 Å². The molecule has 1 aromatic rings. The topological polar surface area (TPSA) is 29.5 Å². The first-order valence-electron chi connectivity index (χ1n) is 8.86. The molecule has 2 aliphatic heterocycles. The Morgan fingerprint density at radius 1 is 1.22 bits per heavy atom. The van der Waals surface area contributed by atoms with Crippen LogP contribution < -0.4 is 0 Å². The molecule has 3 atom stereocenters. The summed E-state index contributed by atoms with van der Waals surface area (Å²) in [4.78, 5) is 16.0. The van der Waals surface area contributed by atoms with Gasteiger partial charge in [0.25, 0.3) is 0 Å². The van der Waals surface area contributed by atoms with Gasteiger partial charge in [0.05, 0.1) is 6.61 Å². The van der Waals surface area contributed by atoms with Crippen LogP contribution in [0.2, 0.25) is 0 Å². The summed E-state index contributed by atoms with van der Waals surface area (Å²) in [6.07, 6.45) is 6.37.